The highest BCUT2D eigenvalue weighted by Gasteiger charge is 2.34. The van der Waals surface area contributed by atoms with Crippen LogP contribution in [0.2, 0.25) is 0 Å². The SMILES string of the molecule is COc1cccc(C(=O)N2CCC(N(CCN3CCCCC3)C(=O)N(C)C)C2)c1C. The lowest BCUT2D eigenvalue weighted by molar-refractivity contribution is 0.0772. The van der Waals surface area contributed by atoms with Gasteiger partial charge in [-0.05, 0) is 51.4 Å². The van der Waals surface area contributed by atoms with Crippen LogP contribution in [0.25, 0.3) is 0 Å². The molecule has 7 nitrogen and oxygen atoms in total. The average Bonchev–Trinajstić information content (AvgIpc) is 3.24. The largest absolute Gasteiger partial charge is 0.496 e. The number of likely N-dealkylation sites (tertiary alicyclic amines) is 2. The molecule has 0 radical (unpaired) electrons. The zero-order valence-electron chi connectivity index (χ0n) is 18.9. The van der Waals surface area contributed by atoms with E-state index in [0.29, 0.717) is 25.2 Å². The molecule has 3 rings (SSSR count). The molecule has 2 aliphatic heterocycles. The topological polar surface area (TPSA) is 56.3 Å². The van der Waals surface area contributed by atoms with E-state index in [1.165, 1.54) is 19.3 Å². The van der Waals surface area contributed by atoms with Crippen LogP contribution in [-0.2, 0) is 0 Å². The van der Waals surface area contributed by atoms with Crippen LogP contribution in [0.3, 0.4) is 0 Å². The summed E-state index contributed by atoms with van der Waals surface area (Å²) in [7, 11) is 5.22. The molecule has 166 valence electrons. The average molecular weight is 417 g/mol. The predicted octanol–water partition coefficient (Wildman–Crippen LogP) is 2.69. The van der Waals surface area contributed by atoms with Gasteiger partial charge in [0.25, 0.3) is 5.91 Å². The number of hydrogen-bond acceptors (Lipinski definition) is 4. The number of benzene rings is 1. The van der Waals surface area contributed by atoms with Crippen LogP contribution in [-0.4, -0.2) is 98.1 Å². The van der Waals surface area contributed by atoms with Crippen LogP contribution in [0.1, 0.15) is 41.6 Å². The Hall–Kier alpha value is -2.28. The number of amides is 3. The molecular weight excluding hydrogens is 380 g/mol. The van der Waals surface area contributed by atoms with E-state index in [-0.39, 0.29) is 18.0 Å². The van der Waals surface area contributed by atoms with E-state index in [4.69, 9.17) is 4.74 Å². The van der Waals surface area contributed by atoms with E-state index in [1.807, 2.05) is 34.9 Å². The Kier molecular flexibility index (Phi) is 7.58. The molecular formula is C23H36N4O3. The van der Waals surface area contributed by atoms with Crippen LogP contribution < -0.4 is 4.74 Å². The van der Waals surface area contributed by atoms with Gasteiger partial charge in [-0.3, -0.25) is 4.79 Å². The van der Waals surface area contributed by atoms with E-state index in [0.717, 1.165) is 37.4 Å². The molecule has 7 heteroatoms. The zero-order chi connectivity index (χ0) is 21.7. The fourth-order valence-electron chi connectivity index (χ4n) is 4.54. The number of hydrogen-bond donors (Lipinski definition) is 0. The highest BCUT2D eigenvalue weighted by molar-refractivity contribution is 5.96. The van der Waals surface area contributed by atoms with Crippen molar-refractivity contribution in [3.63, 3.8) is 0 Å². The first-order valence-electron chi connectivity index (χ1n) is 11.1. The van der Waals surface area contributed by atoms with Crippen molar-refractivity contribution in [2.24, 2.45) is 0 Å². The summed E-state index contributed by atoms with van der Waals surface area (Å²) in [5.74, 6) is 0.740. The Morgan fingerprint density at radius 3 is 2.53 bits per heavy atom. The Bertz CT molecular complexity index is 746. The Morgan fingerprint density at radius 1 is 1.13 bits per heavy atom. The third-order valence-corrected chi connectivity index (χ3v) is 6.36. The normalized spacial score (nSPS) is 19.6. The van der Waals surface area contributed by atoms with E-state index < -0.39 is 0 Å². The number of nitrogens with zero attached hydrogens (tertiary/aromatic N) is 4. The van der Waals surface area contributed by atoms with Gasteiger partial charge in [0.1, 0.15) is 5.75 Å². The second kappa shape index (κ2) is 10.2. The second-order valence-corrected chi connectivity index (χ2v) is 8.60. The lowest BCUT2D eigenvalue weighted by atomic mass is 10.1. The second-order valence-electron chi connectivity index (χ2n) is 8.60. The quantitative estimate of drug-likeness (QED) is 0.716. The fraction of sp³-hybridized carbons (Fsp3) is 0.652. The third kappa shape index (κ3) is 5.06. The van der Waals surface area contributed by atoms with Crippen LogP contribution >= 0.6 is 0 Å². The van der Waals surface area contributed by atoms with E-state index in [9.17, 15) is 9.59 Å². The van der Waals surface area contributed by atoms with Crippen LogP contribution in [0.5, 0.6) is 5.75 Å². The van der Waals surface area contributed by atoms with Crippen molar-refractivity contribution in [3.05, 3.63) is 29.3 Å². The number of methoxy groups -OCH3 is 1. The van der Waals surface area contributed by atoms with Gasteiger partial charge in [0.2, 0.25) is 0 Å². The van der Waals surface area contributed by atoms with Crippen LogP contribution in [0, 0.1) is 6.92 Å². The molecule has 2 fully saturated rings. The van der Waals surface area contributed by atoms with Gasteiger partial charge in [0.05, 0.1) is 13.2 Å². The van der Waals surface area contributed by atoms with E-state index in [1.54, 1.807) is 26.1 Å². The first-order valence-corrected chi connectivity index (χ1v) is 11.1. The van der Waals surface area contributed by atoms with Crippen LogP contribution in [0.15, 0.2) is 18.2 Å². The van der Waals surface area contributed by atoms with Gasteiger partial charge in [0, 0.05) is 51.4 Å². The molecule has 0 spiro atoms. The summed E-state index contributed by atoms with van der Waals surface area (Å²) in [4.78, 5) is 34.0. The maximum absolute atomic E-state index is 13.2. The molecule has 1 atom stereocenters. The first kappa shape index (κ1) is 22.4. The monoisotopic (exact) mass is 416 g/mol. The van der Waals surface area contributed by atoms with Gasteiger partial charge < -0.3 is 24.3 Å². The fourth-order valence-corrected chi connectivity index (χ4v) is 4.54. The molecule has 1 aromatic rings. The van der Waals surface area contributed by atoms with Crippen molar-refractivity contribution >= 4 is 11.9 Å². The summed E-state index contributed by atoms with van der Waals surface area (Å²) in [5.41, 5.74) is 1.54. The molecule has 3 amide bonds. The molecule has 0 saturated carbocycles. The van der Waals surface area contributed by atoms with Gasteiger partial charge in [-0.25, -0.2) is 4.79 Å². The minimum Gasteiger partial charge on any atom is -0.496 e. The number of ether oxygens (including phenoxy) is 1. The Balaban J connectivity index is 1.67. The first-order chi connectivity index (χ1) is 14.4. The van der Waals surface area contributed by atoms with Crippen LogP contribution in [0.4, 0.5) is 4.79 Å². The minimum atomic E-state index is 0.0159. The van der Waals surface area contributed by atoms with E-state index >= 15 is 0 Å². The number of piperidine rings is 1. The Morgan fingerprint density at radius 2 is 1.87 bits per heavy atom. The van der Waals surface area contributed by atoms with Crippen molar-refractivity contribution in [1.82, 2.24) is 19.6 Å². The molecule has 0 aliphatic carbocycles. The molecule has 0 N–H and O–H groups in total. The number of carbonyl (C=O) groups is 2. The van der Waals surface area contributed by atoms with Crippen molar-refractivity contribution in [2.45, 2.75) is 38.6 Å². The lowest BCUT2D eigenvalue weighted by Crippen LogP contribution is -2.50. The smallest absolute Gasteiger partial charge is 0.319 e. The zero-order valence-corrected chi connectivity index (χ0v) is 18.9. The maximum atomic E-state index is 13.2. The molecule has 1 unspecified atom stereocenters. The highest BCUT2D eigenvalue weighted by Crippen LogP contribution is 2.25. The Labute approximate surface area is 180 Å². The van der Waals surface area contributed by atoms with Crippen molar-refractivity contribution in [3.8, 4) is 5.75 Å². The third-order valence-electron chi connectivity index (χ3n) is 6.36. The molecule has 1 aromatic carbocycles. The van der Waals surface area contributed by atoms with Crippen molar-refractivity contribution in [2.75, 3.05) is 60.5 Å². The number of rotatable bonds is 6. The molecule has 0 aromatic heterocycles. The van der Waals surface area contributed by atoms with Gasteiger partial charge in [-0.2, -0.15) is 0 Å². The van der Waals surface area contributed by atoms with Gasteiger partial charge in [-0.15, -0.1) is 0 Å². The summed E-state index contributed by atoms with van der Waals surface area (Å²) < 4.78 is 5.37. The molecule has 2 saturated heterocycles. The molecule has 30 heavy (non-hydrogen) atoms. The highest BCUT2D eigenvalue weighted by atomic mass is 16.5. The summed E-state index contributed by atoms with van der Waals surface area (Å²) >= 11 is 0. The van der Waals surface area contributed by atoms with Gasteiger partial charge >= 0.3 is 6.03 Å². The molecule has 2 heterocycles. The van der Waals surface area contributed by atoms with Crippen molar-refractivity contribution < 1.29 is 14.3 Å². The molecule has 0 bridgehead atoms. The maximum Gasteiger partial charge on any atom is 0.319 e. The van der Waals surface area contributed by atoms with Gasteiger partial charge in [0.15, 0.2) is 0 Å². The standard InChI is InChI=1S/C23H36N4O3/c1-18-20(9-8-10-21(18)30-4)22(28)26-14-11-19(17-26)27(23(29)24(2)3)16-15-25-12-6-5-7-13-25/h8-10,19H,5-7,11-17H2,1-4H3. The summed E-state index contributed by atoms with van der Waals surface area (Å²) in [6, 6.07) is 5.67. The summed E-state index contributed by atoms with van der Waals surface area (Å²) in [5, 5.41) is 0. The van der Waals surface area contributed by atoms with E-state index in [2.05, 4.69) is 4.90 Å². The number of urea groups is 1. The predicted molar refractivity (Wildman–Crippen MR) is 118 cm³/mol. The number of carbonyl (C=O) groups excluding carboxylic acids is 2. The van der Waals surface area contributed by atoms with Crippen molar-refractivity contribution in [1.29, 1.82) is 0 Å². The summed E-state index contributed by atoms with van der Waals surface area (Å²) in [6.45, 7) is 7.01. The minimum absolute atomic E-state index is 0.0159. The molecule has 2 aliphatic rings. The van der Waals surface area contributed by atoms with Gasteiger partial charge in [-0.1, -0.05) is 12.5 Å². The lowest BCUT2D eigenvalue weighted by Gasteiger charge is -2.34. The summed E-state index contributed by atoms with van der Waals surface area (Å²) in [6.07, 6.45) is 4.61.